The summed E-state index contributed by atoms with van der Waals surface area (Å²) in [5.41, 5.74) is 6.72. The molecule has 0 saturated carbocycles. The molecule has 0 aliphatic carbocycles. The zero-order chi connectivity index (χ0) is 44.7. The summed E-state index contributed by atoms with van der Waals surface area (Å²) < 4.78 is 0. The molecule has 0 spiro atoms. The first-order chi connectivity index (χ1) is 33.7. The molecule has 0 saturated heterocycles. The zero-order valence-corrected chi connectivity index (χ0v) is 37.1. The van der Waals surface area contributed by atoms with E-state index in [1.165, 1.54) is 97.0 Å². The van der Waals surface area contributed by atoms with E-state index in [1.54, 1.807) is 0 Å². The van der Waals surface area contributed by atoms with Gasteiger partial charge in [-0.05, 0) is 170 Å². The second kappa shape index (κ2) is 15.3. The molecule has 0 aromatic heterocycles. The molecule has 0 atom stereocenters. The van der Waals surface area contributed by atoms with E-state index in [4.69, 9.17) is 0 Å². The highest BCUT2D eigenvalue weighted by molar-refractivity contribution is 6.39. The van der Waals surface area contributed by atoms with Gasteiger partial charge in [0.15, 0.2) is 0 Å². The maximum Gasteiger partial charge on any atom is 0.0468 e. The van der Waals surface area contributed by atoms with Gasteiger partial charge in [-0.25, -0.2) is 0 Å². The standard InChI is InChI=1S/C66H42N2/c1-5-17-47-37-51(29-25-43(47)13-1)67(52-30-26-44-14-2-6-18-48(44)38-52)55-33-35-61-63(41-55)57-21-9-11-23-59(57)66-62-36-34-56(42-64(62)58-22-10-12-24-60(58)65(61)66)68(53-31-27-45-15-3-7-19-49(45)39-53)54-32-28-46-16-4-8-20-50(46)40-54/h1-42H. The van der Waals surface area contributed by atoms with E-state index in [-0.39, 0.29) is 0 Å². The van der Waals surface area contributed by atoms with Gasteiger partial charge in [0.2, 0.25) is 0 Å². The fourth-order valence-corrected chi connectivity index (χ4v) is 11.1. The molecule has 0 heterocycles. The van der Waals surface area contributed by atoms with Crippen molar-refractivity contribution in [2.75, 3.05) is 9.80 Å². The summed E-state index contributed by atoms with van der Waals surface area (Å²) in [6.45, 7) is 0. The van der Waals surface area contributed by atoms with Crippen LogP contribution in [0.2, 0.25) is 0 Å². The Hall–Kier alpha value is -8.98. The maximum absolute atomic E-state index is 2.43. The summed E-state index contributed by atoms with van der Waals surface area (Å²) in [7, 11) is 0. The van der Waals surface area contributed by atoms with E-state index >= 15 is 0 Å². The molecule has 68 heavy (non-hydrogen) atoms. The summed E-state index contributed by atoms with van der Waals surface area (Å²) >= 11 is 0. The summed E-state index contributed by atoms with van der Waals surface area (Å²) in [4.78, 5) is 4.85. The normalized spacial score (nSPS) is 11.8. The third kappa shape index (κ3) is 6.12. The van der Waals surface area contributed by atoms with E-state index in [9.17, 15) is 0 Å². The van der Waals surface area contributed by atoms with Gasteiger partial charge >= 0.3 is 0 Å². The van der Waals surface area contributed by atoms with Crippen molar-refractivity contribution in [2.24, 2.45) is 0 Å². The molecule has 0 aliphatic rings. The molecule has 2 heteroatoms. The Bertz CT molecular complexity index is 3920. The minimum absolute atomic E-state index is 1.12. The highest BCUT2D eigenvalue weighted by Crippen LogP contribution is 2.48. The molecule has 0 amide bonds. The molecule has 0 aliphatic heterocycles. The molecule has 14 aromatic carbocycles. The SMILES string of the molecule is c1ccc2cc(N(c3ccc4ccccc4c3)c3ccc4c(c3)c3ccccc3c3c5ccc(N(c6ccc7ccccc7c6)c6ccc7ccccc7c6)cc5c5ccccc5c43)ccc2c1. The van der Waals surface area contributed by atoms with Gasteiger partial charge in [-0.1, -0.05) is 182 Å². The third-order valence-corrected chi connectivity index (χ3v) is 14.2. The maximum atomic E-state index is 2.43. The van der Waals surface area contributed by atoms with Crippen molar-refractivity contribution in [2.45, 2.75) is 0 Å². The van der Waals surface area contributed by atoms with Gasteiger partial charge in [-0.2, -0.15) is 0 Å². The third-order valence-electron chi connectivity index (χ3n) is 14.2. The number of hydrogen-bond donors (Lipinski definition) is 0. The molecular formula is C66H42N2. The Labute approximate surface area is 393 Å². The van der Waals surface area contributed by atoms with Crippen molar-refractivity contribution in [3.8, 4) is 0 Å². The van der Waals surface area contributed by atoms with E-state index < -0.39 is 0 Å². The molecule has 2 nitrogen and oxygen atoms in total. The van der Waals surface area contributed by atoms with Gasteiger partial charge in [-0.3, -0.25) is 0 Å². The topological polar surface area (TPSA) is 6.48 Å². The molecule has 0 unspecified atom stereocenters. The highest BCUT2D eigenvalue weighted by Gasteiger charge is 2.21. The fourth-order valence-electron chi connectivity index (χ4n) is 11.1. The predicted octanol–water partition coefficient (Wildman–Crippen LogP) is 19.0. The molecule has 14 aromatic rings. The largest absolute Gasteiger partial charge is 0.310 e. The Morgan fingerprint density at radius 2 is 0.397 bits per heavy atom. The van der Waals surface area contributed by atoms with Crippen molar-refractivity contribution in [1.82, 2.24) is 0 Å². The van der Waals surface area contributed by atoms with E-state index in [0.717, 1.165) is 34.1 Å². The molecular weight excluding hydrogens is 821 g/mol. The lowest BCUT2D eigenvalue weighted by Gasteiger charge is -2.27. The van der Waals surface area contributed by atoms with Gasteiger partial charge in [0, 0.05) is 34.1 Å². The first-order valence-electron chi connectivity index (χ1n) is 23.5. The lowest BCUT2D eigenvalue weighted by atomic mass is 9.87. The van der Waals surface area contributed by atoms with Crippen LogP contribution in [0.15, 0.2) is 255 Å². The van der Waals surface area contributed by atoms with Gasteiger partial charge in [0.1, 0.15) is 0 Å². The number of anilines is 6. The summed E-state index contributed by atoms with van der Waals surface area (Å²) in [5.74, 6) is 0. The monoisotopic (exact) mass is 862 g/mol. The average Bonchev–Trinajstić information content (AvgIpc) is 3.40. The van der Waals surface area contributed by atoms with Crippen molar-refractivity contribution >= 4 is 131 Å². The summed E-state index contributed by atoms with van der Waals surface area (Å²) in [6.07, 6.45) is 0. The van der Waals surface area contributed by atoms with E-state index in [0.29, 0.717) is 0 Å². The lowest BCUT2D eigenvalue weighted by Crippen LogP contribution is -2.10. The molecule has 316 valence electrons. The van der Waals surface area contributed by atoms with Crippen LogP contribution in [0.4, 0.5) is 34.1 Å². The minimum Gasteiger partial charge on any atom is -0.310 e. The van der Waals surface area contributed by atoms with Crippen LogP contribution in [0.25, 0.3) is 97.0 Å². The van der Waals surface area contributed by atoms with Crippen LogP contribution in [-0.2, 0) is 0 Å². The Morgan fingerprint density at radius 3 is 0.721 bits per heavy atom. The Morgan fingerprint density at radius 1 is 0.162 bits per heavy atom. The lowest BCUT2D eigenvalue weighted by molar-refractivity contribution is 1.30. The van der Waals surface area contributed by atoms with Crippen LogP contribution < -0.4 is 9.80 Å². The van der Waals surface area contributed by atoms with Gasteiger partial charge in [-0.15, -0.1) is 0 Å². The molecule has 0 bridgehead atoms. The second-order valence-electron chi connectivity index (χ2n) is 18.1. The molecule has 0 fully saturated rings. The van der Waals surface area contributed by atoms with Crippen LogP contribution in [0.1, 0.15) is 0 Å². The van der Waals surface area contributed by atoms with Gasteiger partial charge in [0.05, 0.1) is 0 Å². The summed E-state index contributed by atoms with van der Waals surface area (Å²) in [6, 6.07) is 94.2. The zero-order valence-electron chi connectivity index (χ0n) is 37.1. The van der Waals surface area contributed by atoms with Crippen LogP contribution in [0.3, 0.4) is 0 Å². The van der Waals surface area contributed by atoms with Crippen LogP contribution in [0, 0.1) is 0 Å². The smallest absolute Gasteiger partial charge is 0.0468 e. The predicted molar refractivity (Wildman–Crippen MR) is 293 cm³/mol. The first kappa shape index (κ1) is 38.3. The minimum atomic E-state index is 1.12. The quantitative estimate of drug-likeness (QED) is 0.154. The van der Waals surface area contributed by atoms with E-state index in [1.807, 2.05) is 0 Å². The van der Waals surface area contributed by atoms with Crippen molar-refractivity contribution in [1.29, 1.82) is 0 Å². The number of benzene rings is 14. The average molecular weight is 863 g/mol. The van der Waals surface area contributed by atoms with Crippen LogP contribution >= 0.6 is 0 Å². The van der Waals surface area contributed by atoms with Crippen molar-refractivity contribution < 1.29 is 0 Å². The Kier molecular flexibility index (Phi) is 8.62. The van der Waals surface area contributed by atoms with Gasteiger partial charge in [0.25, 0.3) is 0 Å². The van der Waals surface area contributed by atoms with Crippen LogP contribution in [0.5, 0.6) is 0 Å². The molecule has 14 rings (SSSR count). The Balaban J connectivity index is 1.01. The van der Waals surface area contributed by atoms with Gasteiger partial charge < -0.3 is 9.80 Å². The number of nitrogens with zero attached hydrogens (tertiary/aromatic N) is 2. The number of hydrogen-bond acceptors (Lipinski definition) is 2. The van der Waals surface area contributed by atoms with E-state index in [2.05, 4.69) is 265 Å². The second-order valence-corrected chi connectivity index (χ2v) is 18.1. The molecule has 0 N–H and O–H groups in total. The van der Waals surface area contributed by atoms with Crippen molar-refractivity contribution in [3.05, 3.63) is 255 Å². The number of rotatable bonds is 6. The highest BCUT2D eigenvalue weighted by atomic mass is 15.1. The van der Waals surface area contributed by atoms with Crippen molar-refractivity contribution in [3.63, 3.8) is 0 Å². The number of fused-ring (bicyclic) bond motifs is 15. The van der Waals surface area contributed by atoms with Crippen LogP contribution in [-0.4, -0.2) is 0 Å². The first-order valence-corrected chi connectivity index (χ1v) is 23.5. The molecule has 0 radical (unpaired) electrons. The fraction of sp³-hybridized carbons (Fsp3) is 0. The summed E-state index contributed by atoms with van der Waals surface area (Å²) in [5, 5.41) is 22.3.